The van der Waals surface area contributed by atoms with Crippen molar-refractivity contribution >= 4 is 0 Å². The second-order valence-electron chi connectivity index (χ2n) is 4.50. The van der Waals surface area contributed by atoms with Crippen molar-refractivity contribution in [2.45, 2.75) is 37.9 Å². The van der Waals surface area contributed by atoms with Crippen molar-refractivity contribution in [1.29, 1.82) is 0 Å². The zero-order valence-electron chi connectivity index (χ0n) is 10.9. The molecule has 0 radical (unpaired) electrons. The fourth-order valence-corrected chi connectivity index (χ4v) is 1.87. The number of benzene rings is 1. The van der Waals surface area contributed by atoms with Crippen LogP contribution in [0.5, 0.6) is 0 Å². The Morgan fingerprint density at radius 1 is 0.818 bits per heavy atom. The molecular weight excluding hydrogens is 329 g/mol. The number of hydrogen-bond donors (Lipinski definition) is 1. The van der Waals surface area contributed by atoms with Crippen LogP contribution >= 0.6 is 0 Å². The highest BCUT2D eigenvalue weighted by atomic mass is 19.4. The van der Waals surface area contributed by atoms with Crippen LogP contribution in [0, 0.1) is 0 Å². The largest absolute Gasteiger partial charge is 0.417 e. The number of hydrogen-bond acceptors (Lipinski definition) is 1. The van der Waals surface area contributed by atoms with Crippen LogP contribution < -0.4 is 5.73 Å². The zero-order valence-corrected chi connectivity index (χ0v) is 10.9. The van der Waals surface area contributed by atoms with E-state index in [2.05, 4.69) is 0 Å². The molecule has 0 fully saturated rings. The van der Waals surface area contributed by atoms with E-state index < -0.39 is 46.8 Å². The lowest BCUT2D eigenvalue weighted by Gasteiger charge is -2.23. The van der Waals surface area contributed by atoms with E-state index in [0.717, 1.165) is 0 Å². The number of halogens is 9. The highest BCUT2D eigenvalue weighted by Crippen LogP contribution is 2.47. The third-order valence-electron chi connectivity index (χ3n) is 2.92. The van der Waals surface area contributed by atoms with Gasteiger partial charge in [0.25, 0.3) is 0 Å². The molecule has 126 valence electrons. The van der Waals surface area contributed by atoms with Crippen molar-refractivity contribution < 1.29 is 39.5 Å². The Hall–Kier alpha value is -1.45. The average molecular weight is 339 g/mol. The lowest BCUT2D eigenvalue weighted by atomic mass is 9.92. The summed E-state index contributed by atoms with van der Waals surface area (Å²) in [7, 11) is 0. The minimum Gasteiger partial charge on any atom is -0.324 e. The summed E-state index contributed by atoms with van der Waals surface area (Å²) in [6.45, 7) is 1.38. The van der Waals surface area contributed by atoms with Gasteiger partial charge in [0.15, 0.2) is 0 Å². The highest BCUT2D eigenvalue weighted by Gasteiger charge is 2.50. The SMILES string of the molecule is CCC(N)c1cc(C(F)(F)F)c(C(F)(F)F)c(C(F)(F)F)c1. The first-order valence-corrected chi connectivity index (χ1v) is 5.84. The highest BCUT2D eigenvalue weighted by molar-refractivity contribution is 5.45. The van der Waals surface area contributed by atoms with Crippen molar-refractivity contribution in [3.8, 4) is 0 Å². The van der Waals surface area contributed by atoms with Crippen molar-refractivity contribution in [3.63, 3.8) is 0 Å². The molecule has 0 heterocycles. The summed E-state index contributed by atoms with van der Waals surface area (Å²) in [6.07, 6.45) is -17.1. The molecule has 1 unspecified atom stereocenters. The molecule has 1 atom stereocenters. The van der Waals surface area contributed by atoms with Gasteiger partial charge in [-0.2, -0.15) is 39.5 Å². The van der Waals surface area contributed by atoms with Crippen LogP contribution in [0.25, 0.3) is 0 Å². The first kappa shape index (κ1) is 18.6. The van der Waals surface area contributed by atoms with Crippen molar-refractivity contribution in [2.24, 2.45) is 5.73 Å². The number of nitrogens with two attached hydrogens (primary N) is 1. The summed E-state index contributed by atoms with van der Waals surface area (Å²) in [5, 5.41) is 0. The molecule has 0 saturated heterocycles. The first-order chi connectivity index (χ1) is 9.69. The topological polar surface area (TPSA) is 26.0 Å². The van der Waals surface area contributed by atoms with E-state index in [1.54, 1.807) is 0 Å². The second-order valence-corrected chi connectivity index (χ2v) is 4.50. The van der Waals surface area contributed by atoms with Crippen LogP contribution in [0.1, 0.15) is 41.6 Å². The standard InChI is InChI=1S/C12H10F9N/c1-2-8(22)5-3-6(10(13,14)15)9(12(19,20)21)7(4-5)11(16,17)18/h3-4,8H,2,22H2,1H3. The Morgan fingerprint density at radius 3 is 1.41 bits per heavy atom. The molecule has 0 amide bonds. The van der Waals surface area contributed by atoms with Crippen LogP contribution in [0.3, 0.4) is 0 Å². The van der Waals surface area contributed by atoms with Gasteiger partial charge in [-0.05, 0) is 24.1 Å². The molecule has 1 rings (SSSR count). The van der Waals surface area contributed by atoms with Gasteiger partial charge >= 0.3 is 18.5 Å². The van der Waals surface area contributed by atoms with Gasteiger partial charge in [-0.1, -0.05) is 6.92 Å². The Bertz CT molecular complexity index is 504. The summed E-state index contributed by atoms with van der Waals surface area (Å²) in [5.74, 6) is 0. The Kier molecular flexibility index (Phi) is 4.76. The molecule has 0 aliphatic heterocycles. The molecule has 0 aromatic heterocycles. The first-order valence-electron chi connectivity index (χ1n) is 5.84. The van der Waals surface area contributed by atoms with Gasteiger partial charge in [-0.3, -0.25) is 0 Å². The molecule has 0 aliphatic carbocycles. The van der Waals surface area contributed by atoms with Crippen molar-refractivity contribution in [3.05, 3.63) is 34.4 Å². The minimum absolute atomic E-state index is 0.0201. The Balaban J connectivity index is 3.87. The molecule has 0 aliphatic rings. The molecule has 2 N–H and O–H groups in total. The van der Waals surface area contributed by atoms with Crippen LogP contribution in [-0.2, 0) is 18.5 Å². The zero-order chi connectivity index (χ0) is 17.5. The molecule has 1 nitrogen and oxygen atoms in total. The predicted molar refractivity (Wildman–Crippen MR) is 58.7 cm³/mol. The lowest BCUT2D eigenvalue weighted by molar-refractivity contribution is -0.174. The minimum atomic E-state index is -5.81. The Morgan fingerprint density at radius 2 is 1.18 bits per heavy atom. The maximum absolute atomic E-state index is 12.8. The van der Waals surface area contributed by atoms with Gasteiger partial charge in [0.2, 0.25) is 0 Å². The van der Waals surface area contributed by atoms with Gasteiger partial charge in [0.1, 0.15) is 0 Å². The van der Waals surface area contributed by atoms with E-state index in [9.17, 15) is 39.5 Å². The van der Waals surface area contributed by atoms with Crippen molar-refractivity contribution in [1.82, 2.24) is 0 Å². The maximum atomic E-state index is 12.8. The molecule has 1 aromatic carbocycles. The van der Waals surface area contributed by atoms with Gasteiger partial charge in [0.05, 0.1) is 16.7 Å². The van der Waals surface area contributed by atoms with Crippen LogP contribution in [0.2, 0.25) is 0 Å². The number of alkyl halides is 9. The monoisotopic (exact) mass is 339 g/mol. The molecule has 0 bridgehead atoms. The van der Waals surface area contributed by atoms with Gasteiger partial charge < -0.3 is 5.73 Å². The summed E-state index contributed by atoms with van der Waals surface area (Å²) in [5.41, 5.74) is -2.84. The van der Waals surface area contributed by atoms with Crippen molar-refractivity contribution in [2.75, 3.05) is 0 Å². The molecule has 0 saturated carbocycles. The summed E-state index contributed by atoms with van der Waals surface area (Å²) in [6, 6.07) is -1.21. The number of rotatable bonds is 2. The molecule has 22 heavy (non-hydrogen) atoms. The molecule has 0 spiro atoms. The van der Waals surface area contributed by atoms with E-state index in [4.69, 9.17) is 5.73 Å². The molecule has 1 aromatic rings. The van der Waals surface area contributed by atoms with E-state index >= 15 is 0 Å². The Labute approximate surface area is 118 Å². The molecule has 10 heteroatoms. The smallest absolute Gasteiger partial charge is 0.324 e. The van der Waals surface area contributed by atoms with E-state index in [-0.39, 0.29) is 18.6 Å². The predicted octanol–water partition coefficient (Wildman–Crippen LogP) is 5.15. The normalized spacial score (nSPS) is 15.0. The fourth-order valence-electron chi connectivity index (χ4n) is 1.87. The van der Waals surface area contributed by atoms with E-state index in [1.807, 2.05) is 0 Å². The summed E-state index contributed by atoms with van der Waals surface area (Å²) >= 11 is 0. The van der Waals surface area contributed by atoms with Crippen LogP contribution in [0.15, 0.2) is 12.1 Å². The van der Waals surface area contributed by atoms with E-state index in [1.165, 1.54) is 6.92 Å². The summed E-state index contributed by atoms with van der Waals surface area (Å²) < 4.78 is 115. The van der Waals surface area contributed by atoms with Gasteiger partial charge in [-0.15, -0.1) is 0 Å². The lowest BCUT2D eigenvalue weighted by Crippen LogP contribution is -2.24. The fraction of sp³-hybridized carbons (Fsp3) is 0.500. The third kappa shape index (κ3) is 3.84. The second kappa shape index (κ2) is 5.64. The average Bonchev–Trinajstić information content (AvgIpc) is 2.33. The maximum Gasteiger partial charge on any atom is 0.417 e. The third-order valence-corrected chi connectivity index (χ3v) is 2.92. The van der Waals surface area contributed by atoms with Crippen LogP contribution in [0.4, 0.5) is 39.5 Å². The molecular formula is C12H10F9N. The summed E-state index contributed by atoms with van der Waals surface area (Å²) in [4.78, 5) is 0. The van der Waals surface area contributed by atoms with Crippen LogP contribution in [-0.4, -0.2) is 0 Å². The van der Waals surface area contributed by atoms with Gasteiger partial charge in [-0.25, -0.2) is 0 Å². The quantitative estimate of drug-likeness (QED) is 0.741. The van der Waals surface area contributed by atoms with E-state index in [0.29, 0.717) is 0 Å². The van der Waals surface area contributed by atoms with Gasteiger partial charge in [0, 0.05) is 6.04 Å².